The van der Waals surface area contributed by atoms with Gasteiger partial charge in [-0.3, -0.25) is 0 Å². The summed E-state index contributed by atoms with van der Waals surface area (Å²) >= 11 is 0. The Morgan fingerprint density at radius 1 is 0.962 bits per heavy atom. The van der Waals surface area contributed by atoms with Crippen LogP contribution in [0, 0.1) is 0 Å². The number of rotatable bonds is 7. The lowest BCUT2D eigenvalue weighted by atomic mass is 10.2. The van der Waals surface area contributed by atoms with Gasteiger partial charge < -0.3 is 20.1 Å². The van der Waals surface area contributed by atoms with Gasteiger partial charge in [-0.05, 0) is 43.2 Å². The molecule has 0 aromatic heterocycles. The van der Waals surface area contributed by atoms with Crippen molar-refractivity contribution < 1.29 is 29.6 Å². The molecule has 6 heteroatoms. The molecule has 3 N–H and O–H groups in total. The smallest absolute Gasteiger partial charge is 0.339 e. The van der Waals surface area contributed by atoms with E-state index in [9.17, 15) is 9.59 Å². The van der Waals surface area contributed by atoms with Crippen LogP contribution < -0.4 is 4.74 Å². The summed E-state index contributed by atoms with van der Waals surface area (Å²) in [6.45, 7) is 2.12. The summed E-state index contributed by atoms with van der Waals surface area (Å²) in [7, 11) is 0. The van der Waals surface area contributed by atoms with Crippen LogP contribution in [0.3, 0.4) is 0 Å². The zero-order valence-corrected chi connectivity index (χ0v) is 14.5. The third kappa shape index (κ3) is 7.09. The molecule has 26 heavy (non-hydrogen) atoms. The van der Waals surface area contributed by atoms with Crippen molar-refractivity contribution in [2.24, 2.45) is 0 Å². The zero-order valence-electron chi connectivity index (χ0n) is 14.5. The fourth-order valence-electron chi connectivity index (χ4n) is 1.91. The molecule has 2 rings (SSSR count). The van der Waals surface area contributed by atoms with E-state index in [0.717, 1.165) is 19.3 Å². The number of aromatic carboxylic acids is 2. The quantitative estimate of drug-likeness (QED) is 0.495. The molecule has 0 aliphatic rings. The standard InChI is InChI=1S/C13H16O3.C7H6O3/c1-2-3-4-7-10-16-12-9-6-5-8-11(12)13(14)15;8-6-4-2-1-3-5(6)7(9)10/h5-10H,2-4H2,1H3,(H,14,15);1-4,8H,(H,9,10). The van der Waals surface area contributed by atoms with Crippen molar-refractivity contribution in [3.63, 3.8) is 0 Å². The van der Waals surface area contributed by atoms with Crippen LogP contribution in [0.15, 0.2) is 60.9 Å². The lowest BCUT2D eigenvalue weighted by Gasteiger charge is -2.03. The van der Waals surface area contributed by atoms with Crippen LogP contribution in [0.25, 0.3) is 0 Å². The Labute approximate surface area is 152 Å². The van der Waals surface area contributed by atoms with Crippen molar-refractivity contribution in [2.45, 2.75) is 26.2 Å². The molecule has 138 valence electrons. The van der Waals surface area contributed by atoms with E-state index in [2.05, 4.69) is 6.92 Å². The molecule has 0 unspecified atom stereocenters. The van der Waals surface area contributed by atoms with Gasteiger partial charge in [-0.15, -0.1) is 0 Å². The molecule has 0 saturated carbocycles. The van der Waals surface area contributed by atoms with Gasteiger partial charge in [0.2, 0.25) is 0 Å². The second-order valence-electron chi connectivity index (χ2n) is 5.26. The number of carboxylic acid groups (broad SMARTS) is 2. The van der Waals surface area contributed by atoms with Crippen molar-refractivity contribution in [2.75, 3.05) is 0 Å². The number of carboxylic acids is 2. The van der Waals surface area contributed by atoms with Gasteiger partial charge in [0, 0.05) is 0 Å². The molecule has 2 aromatic rings. The Balaban J connectivity index is 0.000000289. The molecule has 0 aliphatic carbocycles. The lowest BCUT2D eigenvalue weighted by molar-refractivity contribution is 0.0682. The van der Waals surface area contributed by atoms with E-state index < -0.39 is 11.9 Å². The number of carbonyl (C=O) groups is 2. The Bertz CT molecular complexity index is 751. The molecule has 0 heterocycles. The molecule has 0 radical (unpaired) electrons. The summed E-state index contributed by atoms with van der Waals surface area (Å²) in [4.78, 5) is 21.1. The summed E-state index contributed by atoms with van der Waals surface area (Å²) < 4.78 is 5.28. The third-order valence-electron chi connectivity index (χ3n) is 3.27. The first-order valence-corrected chi connectivity index (χ1v) is 8.12. The van der Waals surface area contributed by atoms with E-state index in [4.69, 9.17) is 20.1 Å². The lowest BCUT2D eigenvalue weighted by Crippen LogP contribution is -1.99. The highest BCUT2D eigenvalue weighted by molar-refractivity contribution is 5.91. The zero-order chi connectivity index (χ0) is 19.4. The molecule has 0 atom stereocenters. The Kier molecular flexibility index (Phi) is 9.03. The van der Waals surface area contributed by atoms with Crippen LogP contribution >= 0.6 is 0 Å². The number of phenols is 1. The van der Waals surface area contributed by atoms with Gasteiger partial charge in [0.15, 0.2) is 0 Å². The molecule has 0 bridgehead atoms. The number of allylic oxidation sites excluding steroid dienone is 1. The predicted octanol–water partition coefficient (Wildman–Crippen LogP) is 4.56. The van der Waals surface area contributed by atoms with Crippen molar-refractivity contribution in [3.05, 3.63) is 72.0 Å². The van der Waals surface area contributed by atoms with Crippen molar-refractivity contribution in [3.8, 4) is 11.5 Å². The number of para-hydroxylation sites is 2. The highest BCUT2D eigenvalue weighted by Crippen LogP contribution is 2.18. The summed E-state index contributed by atoms with van der Waals surface area (Å²) in [5.41, 5.74) is 0.116. The Morgan fingerprint density at radius 3 is 2.08 bits per heavy atom. The maximum atomic E-state index is 10.9. The van der Waals surface area contributed by atoms with Gasteiger partial charge in [0.25, 0.3) is 0 Å². The first kappa shape index (κ1) is 20.8. The van der Waals surface area contributed by atoms with Crippen LogP contribution in [0.5, 0.6) is 11.5 Å². The van der Waals surface area contributed by atoms with Crippen LogP contribution in [0.4, 0.5) is 0 Å². The number of benzene rings is 2. The highest BCUT2D eigenvalue weighted by Gasteiger charge is 2.08. The summed E-state index contributed by atoms with van der Waals surface area (Å²) in [6, 6.07) is 12.4. The summed E-state index contributed by atoms with van der Waals surface area (Å²) in [5, 5.41) is 26.2. The number of aromatic hydroxyl groups is 1. The van der Waals surface area contributed by atoms with Crippen LogP contribution in [-0.4, -0.2) is 27.3 Å². The number of hydrogen-bond acceptors (Lipinski definition) is 4. The molecule has 0 aliphatic heterocycles. The fraction of sp³-hybridized carbons (Fsp3) is 0.200. The van der Waals surface area contributed by atoms with Gasteiger partial charge >= 0.3 is 11.9 Å². The van der Waals surface area contributed by atoms with Crippen LogP contribution in [0.1, 0.15) is 46.9 Å². The Hall–Kier alpha value is -3.28. The topological polar surface area (TPSA) is 104 Å². The largest absolute Gasteiger partial charge is 0.507 e. The second-order valence-corrected chi connectivity index (χ2v) is 5.26. The van der Waals surface area contributed by atoms with E-state index in [1.54, 1.807) is 36.6 Å². The summed E-state index contributed by atoms with van der Waals surface area (Å²) in [6.07, 6.45) is 6.65. The first-order chi connectivity index (χ1) is 12.5. The van der Waals surface area contributed by atoms with Gasteiger partial charge in [0.05, 0.1) is 6.26 Å². The van der Waals surface area contributed by atoms with E-state index in [1.807, 2.05) is 6.08 Å². The predicted molar refractivity (Wildman–Crippen MR) is 97.8 cm³/mol. The van der Waals surface area contributed by atoms with E-state index in [1.165, 1.54) is 18.2 Å². The molecular formula is C20H22O6. The average Bonchev–Trinajstić information content (AvgIpc) is 2.62. The minimum Gasteiger partial charge on any atom is -0.507 e. The number of unbranched alkanes of at least 4 members (excludes halogenated alkanes) is 2. The molecule has 6 nitrogen and oxygen atoms in total. The molecule has 0 spiro atoms. The first-order valence-electron chi connectivity index (χ1n) is 8.12. The van der Waals surface area contributed by atoms with E-state index in [-0.39, 0.29) is 16.9 Å². The van der Waals surface area contributed by atoms with Crippen molar-refractivity contribution in [1.82, 2.24) is 0 Å². The highest BCUT2D eigenvalue weighted by atomic mass is 16.5. The van der Waals surface area contributed by atoms with E-state index >= 15 is 0 Å². The van der Waals surface area contributed by atoms with Gasteiger partial charge in [0.1, 0.15) is 22.6 Å². The number of hydrogen-bond donors (Lipinski definition) is 3. The maximum absolute atomic E-state index is 10.9. The van der Waals surface area contributed by atoms with Gasteiger partial charge in [-0.1, -0.05) is 37.6 Å². The third-order valence-corrected chi connectivity index (χ3v) is 3.27. The monoisotopic (exact) mass is 358 g/mol. The van der Waals surface area contributed by atoms with Gasteiger partial charge in [-0.25, -0.2) is 9.59 Å². The normalized spacial score (nSPS) is 10.0. The van der Waals surface area contributed by atoms with E-state index in [0.29, 0.717) is 5.75 Å². The number of ether oxygens (including phenoxy) is 1. The van der Waals surface area contributed by atoms with Crippen LogP contribution in [-0.2, 0) is 0 Å². The Morgan fingerprint density at radius 2 is 1.54 bits per heavy atom. The minimum atomic E-state index is -1.11. The van der Waals surface area contributed by atoms with Gasteiger partial charge in [-0.2, -0.15) is 0 Å². The SMILES string of the molecule is CCCCC=COc1ccccc1C(=O)O.O=C(O)c1ccccc1O. The molecular weight excluding hydrogens is 336 g/mol. The fourth-order valence-corrected chi connectivity index (χ4v) is 1.91. The van der Waals surface area contributed by atoms with Crippen molar-refractivity contribution in [1.29, 1.82) is 0 Å². The molecule has 0 fully saturated rings. The van der Waals surface area contributed by atoms with Crippen molar-refractivity contribution >= 4 is 11.9 Å². The molecule has 0 saturated heterocycles. The molecule has 0 amide bonds. The average molecular weight is 358 g/mol. The maximum Gasteiger partial charge on any atom is 0.339 e. The second kappa shape index (κ2) is 11.3. The summed E-state index contributed by atoms with van der Waals surface area (Å²) in [5.74, 6) is -1.91. The van der Waals surface area contributed by atoms with Crippen LogP contribution in [0.2, 0.25) is 0 Å². The molecule has 2 aromatic carbocycles. The minimum absolute atomic E-state index is 0.0671.